The SMILES string of the molecule is C=CN(C)c1ccc(C(=N)N)cc1. The summed E-state index contributed by atoms with van der Waals surface area (Å²) >= 11 is 0. The zero-order valence-corrected chi connectivity index (χ0v) is 7.62. The van der Waals surface area contributed by atoms with Gasteiger partial charge in [0.05, 0.1) is 0 Å². The van der Waals surface area contributed by atoms with Crippen LogP contribution >= 0.6 is 0 Å². The van der Waals surface area contributed by atoms with Crippen molar-refractivity contribution in [1.82, 2.24) is 0 Å². The highest BCUT2D eigenvalue weighted by Gasteiger charge is 1.98. The summed E-state index contributed by atoms with van der Waals surface area (Å²) in [6.45, 7) is 3.65. The van der Waals surface area contributed by atoms with E-state index in [0.29, 0.717) is 0 Å². The molecular weight excluding hydrogens is 162 g/mol. The van der Waals surface area contributed by atoms with Crippen LogP contribution in [0.3, 0.4) is 0 Å². The monoisotopic (exact) mass is 175 g/mol. The Morgan fingerprint density at radius 3 is 2.38 bits per heavy atom. The summed E-state index contributed by atoms with van der Waals surface area (Å²) in [5, 5.41) is 7.20. The van der Waals surface area contributed by atoms with Gasteiger partial charge in [-0.2, -0.15) is 0 Å². The lowest BCUT2D eigenvalue weighted by Gasteiger charge is -2.13. The highest BCUT2D eigenvalue weighted by Crippen LogP contribution is 2.13. The topological polar surface area (TPSA) is 53.1 Å². The first-order valence-electron chi connectivity index (χ1n) is 3.95. The average Bonchev–Trinajstić information content (AvgIpc) is 2.17. The van der Waals surface area contributed by atoms with Gasteiger partial charge in [0.2, 0.25) is 0 Å². The van der Waals surface area contributed by atoms with E-state index in [9.17, 15) is 0 Å². The molecule has 0 saturated heterocycles. The average molecular weight is 175 g/mol. The smallest absolute Gasteiger partial charge is 0.122 e. The number of amidine groups is 1. The number of hydrogen-bond donors (Lipinski definition) is 2. The predicted molar refractivity (Wildman–Crippen MR) is 56.1 cm³/mol. The predicted octanol–water partition coefficient (Wildman–Crippen LogP) is 1.55. The molecule has 0 atom stereocenters. The van der Waals surface area contributed by atoms with Gasteiger partial charge in [0, 0.05) is 18.3 Å². The fraction of sp³-hybridized carbons (Fsp3) is 0.100. The molecule has 0 bridgehead atoms. The Hall–Kier alpha value is -1.77. The summed E-state index contributed by atoms with van der Waals surface area (Å²) in [5.41, 5.74) is 7.09. The van der Waals surface area contributed by atoms with E-state index in [4.69, 9.17) is 11.1 Å². The van der Waals surface area contributed by atoms with Crippen molar-refractivity contribution in [2.75, 3.05) is 11.9 Å². The van der Waals surface area contributed by atoms with Gasteiger partial charge in [0.25, 0.3) is 0 Å². The van der Waals surface area contributed by atoms with Gasteiger partial charge < -0.3 is 10.6 Å². The second-order valence-electron chi connectivity index (χ2n) is 2.75. The van der Waals surface area contributed by atoms with E-state index in [1.165, 1.54) is 0 Å². The summed E-state index contributed by atoms with van der Waals surface area (Å²) in [7, 11) is 1.91. The quantitative estimate of drug-likeness (QED) is 0.541. The summed E-state index contributed by atoms with van der Waals surface area (Å²) in [6, 6.07) is 7.44. The third-order valence-electron chi connectivity index (χ3n) is 1.86. The Balaban J connectivity index is 2.93. The van der Waals surface area contributed by atoms with Crippen molar-refractivity contribution in [2.45, 2.75) is 0 Å². The number of nitrogens with two attached hydrogens (primary N) is 1. The van der Waals surface area contributed by atoms with Crippen LogP contribution in [-0.2, 0) is 0 Å². The van der Waals surface area contributed by atoms with E-state index in [2.05, 4.69) is 6.58 Å². The van der Waals surface area contributed by atoms with E-state index >= 15 is 0 Å². The summed E-state index contributed by atoms with van der Waals surface area (Å²) < 4.78 is 0. The second-order valence-corrected chi connectivity index (χ2v) is 2.75. The maximum absolute atomic E-state index is 7.20. The maximum Gasteiger partial charge on any atom is 0.122 e. The lowest BCUT2D eigenvalue weighted by Crippen LogP contribution is -2.12. The molecule has 1 aromatic carbocycles. The van der Waals surface area contributed by atoms with Crippen LogP contribution in [0.1, 0.15) is 5.56 Å². The Morgan fingerprint density at radius 2 is 2.00 bits per heavy atom. The molecule has 3 heteroatoms. The Bertz CT molecular complexity index is 313. The molecule has 0 aliphatic heterocycles. The minimum atomic E-state index is 0.0906. The van der Waals surface area contributed by atoms with Gasteiger partial charge in [-0.15, -0.1) is 0 Å². The molecule has 0 aliphatic rings. The number of anilines is 1. The lowest BCUT2D eigenvalue weighted by molar-refractivity contribution is 1.21. The number of hydrogen-bond acceptors (Lipinski definition) is 2. The molecule has 3 nitrogen and oxygen atoms in total. The third-order valence-corrected chi connectivity index (χ3v) is 1.86. The molecule has 3 N–H and O–H groups in total. The van der Waals surface area contributed by atoms with Crippen molar-refractivity contribution in [2.24, 2.45) is 5.73 Å². The first kappa shape index (κ1) is 9.32. The van der Waals surface area contributed by atoms with E-state index < -0.39 is 0 Å². The highest BCUT2D eigenvalue weighted by atomic mass is 15.1. The van der Waals surface area contributed by atoms with Crippen molar-refractivity contribution in [1.29, 1.82) is 5.41 Å². The van der Waals surface area contributed by atoms with Gasteiger partial charge in [0.1, 0.15) is 5.84 Å². The van der Waals surface area contributed by atoms with Crippen LogP contribution in [0.25, 0.3) is 0 Å². The zero-order valence-electron chi connectivity index (χ0n) is 7.62. The molecule has 0 amide bonds. The van der Waals surface area contributed by atoms with E-state index in [0.717, 1.165) is 11.3 Å². The van der Waals surface area contributed by atoms with Crippen LogP contribution in [0.5, 0.6) is 0 Å². The van der Waals surface area contributed by atoms with E-state index in [1.54, 1.807) is 6.20 Å². The fourth-order valence-corrected chi connectivity index (χ4v) is 0.982. The fourth-order valence-electron chi connectivity index (χ4n) is 0.982. The van der Waals surface area contributed by atoms with Crippen molar-refractivity contribution in [3.8, 4) is 0 Å². The Morgan fingerprint density at radius 1 is 1.46 bits per heavy atom. The molecule has 1 rings (SSSR count). The minimum Gasteiger partial charge on any atom is -0.384 e. The molecule has 0 unspecified atom stereocenters. The highest BCUT2D eigenvalue weighted by molar-refractivity contribution is 5.95. The number of rotatable bonds is 3. The molecular formula is C10H13N3. The molecule has 0 aliphatic carbocycles. The zero-order chi connectivity index (χ0) is 9.84. The van der Waals surface area contributed by atoms with Crippen LogP contribution in [0.4, 0.5) is 5.69 Å². The van der Waals surface area contributed by atoms with Crippen molar-refractivity contribution in [3.05, 3.63) is 42.6 Å². The summed E-state index contributed by atoms with van der Waals surface area (Å²) in [4.78, 5) is 1.89. The van der Waals surface area contributed by atoms with Crippen LogP contribution in [0.15, 0.2) is 37.0 Å². The van der Waals surface area contributed by atoms with Crippen molar-refractivity contribution < 1.29 is 0 Å². The first-order chi connectivity index (χ1) is 6.15. The second kappa shape index (κ2) is 3.76. The van der Waals surface area contributed by atoms with Crippen molar-refractivity contribution in [3.63, 3.8) is 0 Å². The minimum absolute atomic E-state index is 0.0906. The molecule has 0 aromatic heterocycles. The molecule has 0 heterocycles. The van der Waals surface area contributed by atoms with Gasteiger partial charge in [-0.05, 0) is 30.5 Å². The number of nitrogens with one attached hydrogen (secondary N) is 1. The molecule has 13 heavy (non-hydrogen) atoms. The normalized spacial score (nSPS) is 9.31. The summed E-state index contributed by atoms with van der Waals surface area (Å²) in [5.74, 6) is 0.0906. The molecule has 68 valence electrons. The molecule has 0 spiro atoms. The number of nitrogens with zero attached hydrogens (tertiary/aromatic N) is 1. The molecule has 1 aromatic rings. The van der Waals surface area contributed by atoms with Gasteiger partial charge in [-0.1, -0.05) is 6.58 Å². The maximum atomic E-state index is 7.20. The Labute approximate surface area is 78.0 Å². The number of nitrogen functional groups attached to an aromatic ring is 1. The molecule has 0 radical (unpaired) electrons. The standard InChI is InChI=1S/C10H13N3/c1-3-13(2)9-6-4-8(5-7-9)10(11)12/h3-7H,1H2,2H3,(H3,11,12). The molecule has 0 saturated carbocycles. The van der Waals surface area contributed by atoms with Crippen LogP contribution in [-0.4, -0.2) is 12.9 Å². The van der Waals surface area contributed by atoms with E-state index in [-0.39, 0.29) is 5.84 Å². The van der Waals surface area contributed by atoms with E-state index in [1.807, 2.05) is 36.2 Å². The van der Waals surface area contributed by atoms with Crippen LogP contribution in [0.2, 0.25) is 0 Å². The van der Waals surface area contributed by atoms with Gasteiger partial charge in [-0.3, -0.25) is 5.41 Å². The van der Waals surface area contributed by atoms with Crippen LogP contribution < -0.4 is 10.6 Å². The first-order valence-corrected chi connectivity index (χ1v) is 3.95. The van der Waals surface area contributed by atoms with Crippen LogP contribution in [0, 0.1) is 5.41 Å². The third kappa shape index (κ3) is 2.08. The van der Waals surface area contributed by atoms with Crippen molar-refractivity contribution >= 4 is 11.5 Å². The van der Waals surface area contributed by atoms with Gasteiger partial charge in [0.15, 0.2) is 0 Å². The van der Waals surface area contributed by atoms with Gasteiger partial charge in [-0.25, -0.2) is 0 Å². The molecule has 0 fully saturated rings. The Kier molecular flexibility index (Phi) is 2.69. The summed E-state index contributed by atoms with van der Waals surface area (Å²) in [6.07, 6.45) is 1.72. The number of benzene rings is 1. The van der Waals surface area contributed by atoms with Gasteiger partial charge >= 0.3 is 0 Å². The lowest BCUT2D eigenvalue weighted by atomic mass is 10.2. The largest absolute Gasteiger partial charge is 0.384 e.